The van der Waals surface area contributed by atoms with Crippen molar-refractivity contribution in [3.63, 3.8) is 0 Å². The van der Waals surface area contributed by atoms with Gasteiger partial charge in [0.2, 0.25) is 0 Å². The van der Waals surface area contributed by atoms with E-state index in [1.165, 1.54) is 17.1 Å². The summed E-state index contributed by atoms with van der Waals surface area (Å²) in [6.07, 6.45) is -0.0960. The van der Waals surface area contributed by atoms with Crippen molar-refractivity contribution in [3.05, 3.63) is 64.8 Å². The van der Waals surface area contributed by atoms with Crippen LogP contribution in [0.1, 0.15) is 25.8 Å². The van der Waals surface area contributed by atoms with Gasteiger partial charge in [-0.15, -0.1) is 0 Å². The van der Waals surface area contributed by atoms with Gasteiger partial charge in [-0.3, -0.25) is 9.59 Å². The summed E-state index contributed by atoms with van der Waals surface area (Å²) in [4.78, 5) is 37.0. The van der Waals surface area contributed by atoms with E-state index in [0.29, 0.717) is 17.1 Å². The minimum absolute atomic E-state index is 0.136. The minimum Gasteiger partial charge on any atom is -0.497 e. The van der Waals surface area contributed by atoms with Crippen LogP contribution in [0.4, 0.5) is 10.1 Å². The fourth-order valence-corrected chi connectivity index (χ4v) is 3.03. The first-order chi connectivity index (χ1) is 14.4. The van der Waals surface area contributed by atoms with Gasteiger partial charge in [-0.05, 0) is 53.4 Å². The lowest BCUT2D eigenvalue weighted by Gasteiger charge is -2.12. The fraction of sp³-hybridized carbons (Fsp3) is 0.333. The third-order valence-corrected chi connectivity index (χ3v) is 4.47. The molecular weight excluding hydrogens is 393 g/mol. The minimum atomic E-state index is -1.19. The molecule has 0 spiro atoms. The quantitative estimate of drug-likeness (QED) is 0.695. The number of anilines is 1. The van der Waals surface area contributed by atoms with E-state index in [9.17, 15) is 18.9 Å². The van der Waals surface area contributed by atoms with Crippen molar-refractivity contribution in [2.24, 2.45) is 0 Å². The number of carboxylic acid groups (broad SMARTS) is 1. The van der Waals surface area contributed by atoms with Gasteiger partial charge in [0.1, 0.15) is 17.3 Å². The van der Waals surface area contributed by atoms with Crippen LogP contribution in [0.2, 0.25) is 0 Å². The van der Waals surface area contributed by atoms with E-state index >= 15 is 0 Å². The van der Waals surface area contributed by atoms with Crippen LogP contribution in [0, 0.1) is 10.7 Å². The maximum Gasteiger partial charge on any atom is 0.320 e. The molecule has 3 rings (SSSR count). The number of halogens is 1. The third-order valence-electron chi connectivity index (χ3n) is 4.47. The summed E-state index contributed by atoms with van der Waals surface area (Å²) in [5.74, 6) is -1.68. The fourth-order valence-electron chi connectivity index (χ4n) is 3.03. The zero-order chi connectivity index (χ0) is 22.3. The summed E-state index contributed by atoms with van der Waals surface area (Å²) < 4.78 is 18.3. The molecule has 1 heterocycles. The van der Waals surface area contributed by atoms with Crippen LogP contribution in [0.5, 0.6) is 5.75 Å². The first-order valence-electron chi connectivity index (χ1n) is 9.58. The molecule has 1 aliphatic rings. The number of hydrazine groups is 2. The van der Waals surface area contributed by atoms with Gasteiger partial charge in [0.05, 0.1) is 25.0 Å². The number of rotatable bonds is 7. The van der Waals surface area contributed by atoms with Crippen LogP contribution in [-0.4, -0.2) is 46.7 Å². The van der Waals surface area contributed by atoms with Crippen molar-refractivity contribution in [2.45, 2.75) is 32.7 Å². The third kappa shape index (κ3) is 5.11. The van der Waals surface area contributed by atoms with Gasteiger partial charge in [-0.2, -0.15) is 0 Å². The molecule has 1 saturated heterocycles. The maximum atomic E-state index is 13.2. The van der Waals surface area contributed by atoms with Gasteiger partial charge in [0, 0.05) is 0 Å². The number of hydrogen-bond acceptors (Lipinski definition) is 4. The topological polar surface area (TPSA) is 90.2 Å². The van der Waals surface area contributed by atoms with Crippen LogP contribution in [0.15, 0.2) is 48.5 Å². The summed E-state index contributed by atoms with van der Waals surface area (Å²) in [6, 6.07) is 10.9. The zero-order valence-corrected chi connectivity index (χ0v) is 17.1. The second kappa shape index (κ2) is 10.3. The number of amides is 1. The van der Waals surface area contributed by atoms with Crippen molar-refractivity contribution in [2.75, 3.05) is 18.7 Å². The van der Waals surface area contributed by atoms with E-state index in [1.807, 2.05) is 26.0 Å². The van der Waals surface area contributed by atoms with Crippen LogP contribution in [0.25, 0.3) is 0 Å². The first-order valence-corrected chi connectivity index (χ1v) is 9.58. The van der Waals surface area contributed by atoms with E-state index in [2.05, 4.69) is 0 Å². The predicted molar refractivity (Wildman–Crippen MR) is 108 cm³/mol. The van der Waals surface area contributed by atoms with Gasteiger partial charge >= 0.3 is 11.9 Å². The summed E-state index contributed by atoms with van der Waals surface area (Å²) in [7, 11) is 1.56. The zero-order valence-electron chi connectivity index (χ0n) is 17.1. The molecule has 0 bridgehead atoms. The number of nitroso groups, excluding NO2 is 1. The molecule has 1 amide bonds. The predicted octanol–water partition coefficient (Wildman–Crippen LogP) is 3.20. The molecule has 1 atom stereocenters. The Balaban J connectivity index is 0.00000155. The van der Waals surface area contributed by atoms with E-state index < -0.39 is 30.2 Å². The molecule has 8 nitrogen and oxygen atoms in total. The molecule has 1 N–H and O–H groups in total. The number of carbonyl (C=O) groups excluding carboxylic acids is 1. The van der Waals surface area contributed by atoms with Crippen molar-refractivity contribution < 1.29 is 28.8 Å². The number of ether oxygens (including phenoxy) is 1. The Kier molecular flexibility index (Phi) is 7.85. The highest BCUT2D eigenvalue weighted by molar-refractivity contribution is 5.97. The van der Waals surface area contributed by atoms with Gasteiger partial charge < -0.3 is 9.84 Å². The molecule has 1 fully saturated rings. The Morgan fingerprint density at radius 3 is 2.27 bits per heavy atom. The SMILES string of the molecule is CC.COc1ccc(CCN2C(CC(=O)O)C(=O)N(c3ccc(F)cc3)[N+]2=O)cc1. The molecule has 0 saturated carbocycles. The number of benzene rings is 2. The average Bonchev–Trinajstić information content (AvgIpc) is 2.98. The molecule has 2 aromatic rings. The summed E-state index contributed by atoms with van der Waals surface area (Å²) >= 11 is 0. The lowest BCUT2D eigenvalue weighted by atomic mass is 10.1. The van der Waals surface area contributed by atoms with Gasteiger partial charge in [-0.1, -0.05) is 31.0 Å². The molecular formula is C21H25FN3O5+. The number of nitrogens with zero attached hydrogens (tertiary/aromatic N) is 3. The molecule has 0 aliphatic carbocycles. The van der Waals surface area contributed by atoms with E-state index in [-0.39, 0.29) is 12.2 Å². The van der Waals surface area contributed by atoms with Crippen molar-refractivity contribution in [1.29, 1.82) is 0 Å². The highest BCUT2D eigenvalue weighted by Crippen LogP contribution is 2.26. The van der Waals surface area contributed by atoms with E-state index in [4.69, 9.17) is 9.84 Å². The smallest absolute Gasteiger partial charge is 0.320 e. The lowest BCUT2D eigenvalue weighted by Crippen LogP contribution is -2.39. The summed E-state index contributed by atoms with van der Waals surface area (Å²) in [5, 5.41) is 11.1. The molecule has 2 aromatic carbocycles. The number of aliphatic carboxylic acids is 1. The highest BCUT2D eigenvalue weighted by Gasteiger charge is 2.54. The average molecular weight is 418 g/mol. The molecule has 1 unspecified atom stereocenters. The summed E-state index contributed by atoms with van der Waals surface area (Å²) in [6.45, 7) is 4.14. The van der Waals surface area contributed by atoms with Crippen LogP contribution < -0.4 is 9.75 Å². The van der Waals surface area contributed by atoms with Crippen molar-refractivity contribution >= 4 is 17.6 Å². The molecule has 160 valence electrons. The lowest BCUT2D eigenvalue weighted by molar-refractivity contribution is -0.698. The second-order valence-electron chi connectivity index (χ2n) is 6.25. The second-order valence-corrected chi connectivity index (χ2v) is 6.25. The molecule has 0 radical (unpaired) electrons. The Morgan fingerprint density at radius 1 is 1.13 bits per heavy atom. The Bertz CT molecular complexity index is 887. The van der Waals surface area contributed by atoms with Crippen LogP contribution in [-0.2, 0) is 16.0 Å². The number of carboxylic acids is 1. The highest BCUT2D eigenvalue weighted by atomic mass is 19.1. The standard InChI is InChI=1S/C19H18FN3O5.C2H6/c1-28-16-8-2-13(3-9-16)10-11-21-17(12-18(24)25)19(26)22(23(21)27)15-6-4-14(20)5-7-15;1-2/h2-9,17H,10-12H2,1H3;1-2H3/p+1. The van der Waals surface area contributed by atoms with Gasteiger partial charge in [-0.25, -0.2) is 4.39 Å². The van der Waals surface area contributed by atoms with Crippen LogP contribution in [0.3, 0.4) is 0 Å². The molecule has 9 heteroatoms. The van der Waals surface area contributed by atoms with E-state index in [1.54, 1.807) is 19.2 Å². The monoisotopic (exact) mass is 418 g/mol. The Hall–Kier alpha value is -3.49. The Labute approximate surface area is 174 Å². The Morgan fingerprint density at radius 2 is 1.73 bits per heavy atom. The number of hydrogen-bond donors (Lipinski definition) is 1. The van der Waals surface area contributed by atoms with E-state index in [0.717, 1.165) is 22.7 Å². The largest absolute Gasteiger partial charge is 0.497 e. The van der Waals surface area contributed by atoms with Crippen molar-refractivity contribution in [3.8, 4) is 5.75 Å². The molecule has 0 aromatic heterocycles. The maximum absolute atomic E-state index is 13.2. The van der Waals surface area contributed by atoms with Crippen molar-refractivity contribution in [1.82, 2.24) is 5.01 Å². The van der Waals surface area contributed by atoms with Gasteiger partial charge in [0.15, 0.2) is 6.04 Å². The number of carbonyl (C=O) groups is 2. The first kappa shape index (κ1) is 22.8. The molecule has 1 aliphatic heterocycles. The van der Waals surface area contributed by atoms with Gasteiger partial charge in [0.25, 0.3) is 4.98 Å². The number of methoxy groups -OCH3 is 1. The van der Waals surface area contributed by atoms with Crippen LogP contribution >= 0.6 is 0 Å². The normalized spacial score (nSPS) is 15.7. The molecule has 30 heavy (non-hydrogen) atoms. The summed E-state index contributed by atoms with van der Waals surface area (Å²) in [5.41, 5.74) is 1.07.